The summed E-state index contributed by atoms with van der Waals surface area (Å²) in [4.78, 5) is 29.9. The summed E-state index contributed by atoms with van der Waals surface area (Å²) in [5.74, 6) is 0.0110. The first-order valence-electron chi connectivity index (χ1n) is 11.5. The summed E-state index contributed by atoms with van der Waals surface area (Å²) in [6.45, 7) is 7.63. The van der Waals surface area contributed by atoms with Crippen LogP contribution in [-0.2, 0) is 11.2 Å². The van der Waals surface area contributed by atoms with E-state index in [0.29, 0.717) is 13.1 Å². The summed E-state index contributed by atoms with van der Waals surface area (Å²) in [6, 6.07) is 15.9. The number of nitrogens with zero attached hydrogens (tertiary/aromatic N) is 2. The van der Waals surface area contributed by atoms with E-state index in [0.717, 1.165) is 43.4 Å². The first kappa shape index (κ1) is 22.9. The van der Waals surface area contributed by atoms with Crippen molar-refractivity contribution >= 4 is 17.6 Å². The Kier molecular flexibility index (Phi) is 8.10. The minimum Gasteiger partial charge on any atom is -0.334 e. The van der Waals surface area contributed by atoms with Crippen molar-refractivity contribution in [1.29, 1.82) is 0 Å². The van der Waals surface area contributed by atoms with Gasteiger partial charge in [-0.05, 0) is 55.5 Å². The molecule has 5 nitrogen and oxygen atoms in total. The van der Waals surface area contributed by atoms with Crippen LogP contribution < -0.4 is 5.32 Å². The second-order valence-electron chi connectivity index (χ2n) is 8.49. The van der Waals surface area contributed by atoms with Crippen molar-refractivity contribution in [2.45, 2.75) is 58.9 Å². The fraction of sp³-hybridized carbons (Fsp3) is 0.462. The van der Waals surface area contributed by atoms with Gasteiger partial charge >= 0.3 is 6.03 Å². The molecular formula is C26H35N3O2. The summed E-state index contributed by atoms with van der Waals surface area (Å²) in [7, 11) is 0. The number of unbranched alkanes of at least 4 members (excludes halogenated alkanes) is 3. The Balaban J connectivity index is 1.68. The van der Waals surface area contributed by atoms with E-state index in [4.69, 9.17) is 0 Å². The first-order chi connectivity index (χ1) is 15.0. The Morgan fingerprint density at radius 1 is 1.10 bits per heavy atom. The van der Waals surface area contributed by atoms with Crippen LogP contribution in [-0.4, -0.2) is 41.4 Å². The molecule has 0 aromatic heterocycles. The second kappa shape index (κ2) is 11.0. The molecule has 3 rings (SSSR count). The molecule has 1 heterocycles. The lowest BCUT2D eigenvalue weighted by Gasteiger charge is -2.36. The molecule has 0 bridgehead atoms. The molecule has 1 aliphatic heterocycles. The number of hydrogen-bond acceptors (Lipinski definition) is 2. The van der Waals surface area contributed by atoms with E-state index in [1.807, 2.05) is 42.2 Å². The minimum atomic E-state index is -0.208. The van der Waals surface area contributed by atoms with Crippen LogP contribution in [0.15, 0.2) is 48.5 Å². The molecule has 1 N–H and O–H groups in total. The number of urea groups is 1. The molecule has 2 aromatic carbocycles. The van der Waals surface area contributed by atoms with Gasteiger partial charge in [0.15, 0.2) is 0 Å². The number of carbonyl (C=O) groups is 2. The van der Waals surface area contributed by atoms with E-state index in [1.54, 1.807) is 4.90 Å². The normalized spacial score (nSPS) is 15.3. The molecule has 31 heavy (non-hydrogen) atoms. The van der Waals surface area contributed by atoms with Crippen LogP contribution in [0, 0.1) is 6.92 Å². The largest absolute Gasteiger partial charge is 0.334 e. The Bertz CT molecular complexity index is 896. The second-order valence-corrected chi connectivity index (χ2v) is 8.49. The Labute approximate surface area is 186 Å². The predicted molar refractivity (Wildman–Crippen MR) is 126 cm³/mol. The average Bonchev–Trinajstić information content (AvgIpc) is 2.76. The predicted octanol–water partition coefficient (Wildman–Crippen LogP) is 5.56. The van der Waals surface area contributed by atoms with Crippen LogP contribution >= 0.6 is 0 Å². The van der Waals surface area contributed by atoms with Gasteiger partial charge in [0.05, 0.1) is 6.04 Å². The molecule has 0 spiro atoms. The van der Waals surface area contributed by atoms with Gasteiger partial charge in [0.1, 0.15) is 6.54 Å². The van der Waals surface area contributed by atoms with Crippen LogP contribution in [0.5, 0.6) is 0 Å². The molecule has 0 saturated carbocycles. The van der Waals surface area contributed by atoms with Crippen LogP contribution in [0.2, 0.25) is 0 Å². The topological polar surface area (TPSA) is 52.7 Å². The zero-order chi connectivity index (χ0) is 22.2. The molecule has 5 heteroatoms. The molecule has 0 fully saturated rings. The van der Waals surface area contributed by atoms with Gasteiger partial charge in [0.2, 0.25) is 5.91 Å². The third-order valence-electron chi connectivity index (χ3n) is 6.08. The summed E-state index contributed by atoms with van der Waals surface area (Å²) >= 11 is 0. The number of hydrogen-bond donors (Lipinski definition) is 1. The molecule has 1 atom stereocenters. The molecule has 2 aromatic rings. The highest BCUT2D eigenvalue weighted by Gasteiger charge is 2.29. The van der Waals surface area contributed by atoms with Crippen LogP contribution in [0.3, 0.4) is 0 Å². The molecule has 166 valence electrons. The van der Waals surface area contributed by atoms with Gasteiger partial charge in [0, 0.05) is 18.8 Å². The monoisotopic (exact) mass is 421 g/mol. The van der Waals surface area contributed by atoms with Gasteiger partial charge in [0.25, 0.3) is 0 Å². The summed E-state index contributed by atoms with van der Waals surface area (Å²) in [5, 5.41) is 2.98. The van der Waals surface area contributed by atoms with Crippen LogP contribution in [0.25, 0.3) is 0 Å². The lowest BCUT2D eigenvalue weighted by molar-refractivity contribution is -0.134. The van der Waals surface area contributed by atoms with Crippen molar-refractivity contribution in [2.24, 2.45) is 0 Å². The van der Waals surface area contributed by atoms with Gasteiger partial charge in [-0.3, -0.25) is 4.79 Å². The Morgan fingerprint density at radius 3 is 2.68 bits per heavy atom. The number of rotatable bonds is 8. The summed E-state index contributed by atoms with van der Waals surface area (Å²) < 4.78 is 0. The van der Waals surface area contributed by atoms with E-state index in [-0.39, 0.29) is 24.5 Å². The number of anilines is 1. The third kappa shape index (κ3) is 6.09. The van der Waals surface area contributed by atoms with Crippen molar-refractivity contribution in [2.75, 3.05) is 25.0 Å². The van der Waals surface area contributed by atoms with Gasteiger partial charge < -0.3 is 15.1 Å². The fourth-order valence-electron chi connectivity index (χ4n) is 4.27. The number of benzene rings is 2. The number of nitrogens with one attached hydrogen (secondary N) is 1. The molecule has 0 saturated heterocycles. The molecule has 0 radical (unpaired) electrons. The zero-order valence-corrected chi connectivity index (χ0v) is 19.1. The fourth-order valence-corrected chi connectivity index (χ4v) is 4.27. The summed E-state index contributed by atoms with van der Waals surface area (Å²) in [6.07, 6.45) is 5.10. The quantitative estimate of drug-likeness (QED) is 0.568. The summed E-state index contributed by atoms with van der Waals surface area (Å²) in [5.41, 5.74) is 4.37. The van der Waals surface area contributed by atoms with Crippen molar-refractivity contribution in [3.63, 3.8) is 0 Å². The van der Waals surface area contributed by atoms with E-state index in [2.05, 4.69) is 37.4 Å². The van der Waals surface area contributed by atoms with Gasteiger partial charge in [-0.25, -0.2) is 4.79 Å². The highest BCUT2D eigenvalue weighted by Crippen LogP contribution is 2.29. The van der Waals surface area contributed by atoms with Crippen molar-refractivity contribution in [3.05, 3.63) is 65.2 Å². The van der Waals surface area contributed by atoms with E-state index in [1.165, 1.54) is 11.1 Å². The molecular weight excluding hydrogens is 386 g/mol. The third-order valence-corrected chi connectivity index (χ3v) is 6.08. The molecule has 1 unspecified atom stereocenters. The average molecular weight is 422 g/mol. The zero-order valence-electron chi connectivity index (χ0n) is 19.1. The lowest BCUT2D eigenvalue weighted by Crippen LogP contribution is -2.47. The maximum Gasteiger partial charge on any atom is 0.322 e. The van der Waals surface area contributed by atoms with Crippen LogP contribution in [0.4, 0.5) is 10.5 Å². The Morgan fingerprint density at radius 2 is 1.90 bits per heavy atom. The first-order valence-corrected chi connectivity index (χ1v) is 11.5. The highest BCUT2D eigenvalue weighted by molar-refractivity contribution is 5.92. The Hall–Kier alpha value is -2.82. The van der Waals surface area contributed by atoms with Crippen molar-refractivity contribution in [1.82, 2.24) is 9.80 Å². The highest BCUT2D eigenvalue weighted by atomic mass is 16.2. The van der Waals surface area contributed by atoms with Crippen LogP contribution in [0.1, 0.15) is 62.3 Å². The lowest BCUT2D eigenvalue weighted by atomic mass is 9.93. The number of fused-ring (bicyclic) bond motifs is 1. The standard InChI is InChI=1S/C26H35N3O2/c1-4-5-6-9-16-28(26(31)27-23-13-10-11-20(2)18-23)19-25(30)29-17-15-22-12-7-8-14-24(22)21(29)3/h7-8,10-14,18,21H,4-6,9,15-17,19H2,1-3H3,(H,27,31). The number of amides is 3. The van der Waals surface area contributed by atoms with E-state index < -0.39 is 0 Å². The molecule has 3 amide bonds. The van der Waals surface area contributed by atoms with Crippen molar-refractivity contribution < 1.29 is 9.59 Å². The maximum absolute atomic E-state index is 13.2. The number of aryl methyl sites for hydroxylation is 1. The smallest absolute Gasteiger partial charge is 0.322 e. The van der Waals surface area contributed by atoms with E-state index in [9.17, 15) is 9.59 Å². The SMILES string of the molecule is CCCCCCN(CC(=O)N1CCc2ccccc2C1C)C(=O)Nc1cccc(C)c1. The molecule has 1 aliphatic rings. The maximum atomic E-state index is 13.2. The van der Waals surface area contributed by atoms with Crippen molar-refractivity contribution in [3.8, 4) is 0 Å². The van der Waals surface area contributed by atoms with E-state index >= 15 is 0 Å². The van der Waals surface area contributed by atoms with Gasteiger partial charge in [-0.2, -0.15) is 0 Å². The van der Waals surface area contributed by atoms with Gasteiger partial charge in [-0.1, -0.05) is 62.6 Å². The van der Waals surface area contributed by atoms with Gasteiger partial charge in [-0.15, -0.1) is 0 Å². The number of carbonyl (C=O) groups excluding carboxylic acids is 2. The molecule has 0 aliphatic carbocycles. The minimum absolute atomic E-state index is 0.0110.